The molecule has 1 unspecified atom stereocenters. The summed E-state index contributed by atoms with van der Waals surface area (Å²) in [4.78, 5) is 13.7. The topological polar surface area (TPSA) is 49.8 Å². The molecular formula is C12H23NO3. The van der Waals surface area contributed by atoms with Crippen molar-refractivity contribution in [2.45, 2.75) is 45.1 Å². The number of hydrogen-bond acceptors (Lipinski definition) is 3. The number of carbonyl (C=O) groups excluding carboxylic acids is 1. The zero-order valence-electron chi connectivity index (χ0n) is 10.2. The molecule has 0 aromatic carbocycles. The molecule has 1 amide bonds. The fourth-order valence-corrected chi connectivity index (χ4v) is 2.13. The van der Waals surface area contributed by atoms with Gasteiger partial charge in [-0.3, -0.25) is 4.79 Å². The number of hydrogen-bond donors (Lipinski definition) is 1. The molecule has 1 aliphatic rings. The largest absolute Gasteiger partial charge is 0.394 e. The van der Waals surface area contributed by atoms with Crippen molar-refractivity contribution in [3.63, 3.8) is 0 Å². The molecule has 0 saturated carbocycles. The van der Waals surface area contributed by atoms with Gasteiger partial charge in [0.15, 0.2) is 0 Å². The van der Waals surface area contributed by atoms with Gasteiger partial charge in [0.1, 0.15) is 0 Å². The van der Waals surface area contributed by atoms with E-state index in [-0.39, 0.29) is 18.6 Å². The molecule has 1 atom stereocenters. The molecule has 0 radical (unpaired) electrons. The van der Waals surface area contributed by atoms with Crippen LogP contribution in [0.1, 0.15) is 39.0 Å². The van der Waals surface area contributed by atoms with Crippen LogP contribution in [0, 0.1) is 0 Å². The molecule has 0 aromatic heterocycles. The normalized spacial score (nSPS) is 21.1. The number of aliphatic hydroxyl groups excluding tert-OH is 1. The smallest absolute Gasteiger partial charge is 0.222 e. The number of carbonyl (C=O) groups is 1. The van der Waals surface area contributed by atoms with Gasteiger partial charge in [-0.05, 0) is 32.6 Å². The Kier molecular flexibility index (Phi) is 6.42. The molecule has 4 heteroatoms. The molecule has 1 heterocycles. The van der Waals surface area contributed by atoms with E-state index < -0.39 is 0 Å². The number of piperidine rings is 1. The molecule has 4 nitrogen and oxygen atoms in total. The van der Waals surface area contributed by atoms with E-state index in [1.165, 1.54) is 0 Å². The maximum atomic E-state index is 11.9. The van der Waals surface area contributed by atoms with Gasteiger partial charge in [-0.15, -0.1) is 0 Å². The minimum atomic E-state index is 0.0494. The summed E-state index contributed by atoms with van der Waals surface area (Å²) in [6, 6.07) is 0.0494. The van der Waals surface area contributed by atoms with Crippen molar-refractivity contribution in [2.75, 3.05) is 26.4 Å². The van der Waals surface area contributed by atoms with Crippen LogP contribution in [0.25, 0.3) is 0 Å². The summed E-state index contributed by atoms with van der Waals surface area (Å²) in [5.41, 5.74) is 0. The van der Waals surface area contributed by atoms with E-state index in [1.807, 2.05) is 11.8 Å². The molecule has 1 fully saturated rings. The van der Waals surface area contributed by atoms with Crippen molar-refractivity contribution in [1.82, 2.24) is 4.90 Å². The third-order valence-electron chi connectivity index (χ3n) is 3.04. The Morgan fingerprint density at radius 2 is 2.31 bits per heavy atom. The number of ether oxygens (including phenoxy) is 1. The van der Waals surface area contributed by atoms with Gasteiger partial charge >= 0.3 is 0 Å². The van der Waals surface area contributed by atoms with Gasteiger partial charge in [-0.1, -0.05) is 0 Å². The van der Waals surface area contributed by atoms with Gasteiger partial charge in [0.05, 0.1) is 12.6 Å². The number of nitrogens with zero attached hydrogens (tertiary/aromatic N) is 1. The van der Waals surface area contributed by atoms with E-state index >= 15 is 0 Å². The first kappa shape index (κ1) is 13.5. The van der Waals surface area contributed by atoms with Crippen LogP contribution in [0.2, 0.25) is 0 Å². The molecule has 0 aliphatic carbocycles. The SMILES string of the molecule is CCOCCCC(=O)N1CCCCC1CO. The zero-order chi connectivity index (χ0) is 11.8. The van der Waals surface area contributed by atoms with Gasteiger partial charge in [-0.2, -0.15) is 0 Å². The molecule has 94 valence electrons. The van der Waals surface area contributed by atoms with E-state index in [0.29, 0.717) is 19.6 Å². The van der Waals surface area contributed by atoms with Crippen molar-refractivity contribution in [3.05, 3.63) is 0 Å². The van der Waals surface area contributed by atoms with Crippen molar-refractivity contribution in [3.8, 4) is 0 Å². The van der Waals surface area contributed by atoms with Crippen LogP contribution in [-0.4, -0.2) is 48.3 Å². The molecule has 1 rings (SSSR count). The fraction of sp³-hybridized carbons (Fsp3) is 0.917. The summed E-state index contributed by atoms with van der Waals surface area (Å²) in [5.74, 6) is 0.165. The van der Waals surface area contributed by atoms with E-state index in [4.69, 9.17) is 4.74 Å². The highest BCUT2D eigenvalue weighted by atomic mass is 16.5. The Morgan fingerprint density at radius 1 is 1.50 bits per heavy atom. The lowest BCUT2D eigenvalue weighted by Gasteiger charge is -2.34. The maximum absolute atomic E-state index is 11.9. The van der Waals surface area contributed by atoms with Gasteiger partial charge in [0.25, 0.3) is 0 Å². The van der Waals surface area contributed by atoms with Gasteiger partial charge in [0, 0.05) is 26.2 Å². The highest BCUT2D eigenvalue weighted by molar-refractivity contribution is 5.76. The Morgan fingerprint density at radius 3 is 3.00 bits per heavy atom. The first-order valence-electron chi connectivity index (χ1n) is 6.27. The lowest BCUT2D eigenvalue weighted by Crippen LogP contribution is -2.45. The molecule has 1 saturated heterocycles. The van der Waals surface area contributed by atoms with Crippen molar-refractivity contribution >= 4 is 5.91 Å². The van der Waals surface area contributed by atoms with E-state index in [0.717, 1.165) is 32.2 Å². The van der Waals surface area contributed by atoms with Crippen molar-refractivity contribution in [2.24, 2.45) is 0 Å². The van der Waals surface area contributed by atoms with E-state index in [9.17, 15) is 9.90 Å². The predicted molar refractivity (Wildman–Crippen MR) is 62.2 cm³/mol. The molecule has 0 bridgehead atoms. The summed E-state index contributed by atoms with van der Waals surface area (Å²) in [7, 11) is 0. The Hall–Kier alpha value is -0.610. The second kappa shape index (κ2) is 7.63. The molecule has 1 aliphatic heterocycles. The monoisotopic (exact) mass is 229 g/mol. The summed E-state index contributed by atoms with van der Waals surface area (Å²) < 4.78 is 5.20. The third kappa shape index (κ3) is 4.10. The second-order valence-electron chi connectivity index (χ2n) is 4.22. The van der Waals surface area contributed by atoms with Crippen LogP contribution >= 0.6 is 0 Å². The zero-order valence-corrected chi connectivity index (χ0v) is 10.2. The van der Waals surface area contributed by atoms with E-state index in [1.54, 1.807) is 0 Å². The standard InChI is InChI=1S/C12H23NO3/c1-2-16-9-5-7-12(15)13-8-4-3-6-11(13)10-14/h11,14H,2-10H2,1H3. The van der Waals surface area contributed by atoms with Crippen LogP contribution in [0.5, 0.6) is 0 Å². The summed E-state index contributed by atoms with van der Waals surface area (Å²) in [6.45, 7) is 4.21. The minimum absolute atomic E-state index is 0.0494. The van der Waals surface area contributed by atoms with Crippen LogP contribution in [0.3, 0.4) is 0 Å². The Bertz CT molecular complexity index is 208. The Balaban J connectivity index is 2.27. The summed E-state index contributed by atoms with van der Waals surface area (Å²) in [5, 5.41) is 9.20. The first-order chi connectivity index (χ1) is 7.79. The van der Waals surface area contributed by atoms with Crippen LogP contribution in [0.4, 0.5) is 0 Å². The van der Waals surface area contributed by atoms with Gasteiger partial charge in [-0.25, -0.2) is 0 Å². The van der Waals surface area contributed by atoms with E-state index in [2.05, 4.69) is 0 Å². The molecular weight excluding hydrogens is 206 g/mol. The van der Waals surface area contributed by atoms with Crippen LogP contribution in [0.15, 0.2) is 0 Å². The second-order valence-corrected chi connectivity index (χ2v) is 4.22. The molecule has 16 heavy (non-hydrogen) atoms. The number of aliphatic hydroxyl groups is 1. The predicted octanol–water partition coefficient (Wildman–Crippen LogP) is 1.18. The van der Waals surface area contributed by atoms with Gasteiger partial charge in [0.2, 0.25) is 5.91 Å². The highest BCUT2D eigenvalue weighted by Crippen LogP contribution is 2.17. The lowest BCUT2D eigenvalue weighted by molar-refractivity contribution is -0.136. The van der Waals surface area contributed by atoms with Gasteiger partial charge < -0.3 is 14.7 Å². The summed E-state index contributed by atoms with van der Waals surface area (Å²) >= 11 is 0. The average Bonchev–Trinajstić information content (AvgIpc) is 2.34. The van der Waals surface area contributed by atoms with Crippen LogP contribution in [-0.2, 0) is 9.53 Å². The van der Waals surface area contributed by atoms with Crippen molar-refractivity contribution in [1.29, 1.82) is 0 Å². The molecule has 0 aromatic rings. The number of likely N-dealkylation sites (tertiary alicyclic amines) is 1. The van der Waals surface area contributed by atoms with Crippen LogP contribution < -0.4 is 0 Å². The Labute approximate surface area is 97.6 Å². The lowest BCUT2D eigenvalue weighted by atomic mass is 10.0. The quantitative estimate of drug-likeness (QED) is 0.696. The minimum Gasteiger partial charge on any atom is -0.394 e. The highest BCUT2D eigenvalue weighted by Gasteiger charge is 2.25. The maximum Gasteiger partial charge on any atom is 0.222 e. The molecule has 1 N–H and O–H groups in total. The summed E-state index contributed by atoms with van der Waals surface area (Å²) in [6.07, 6.45) is 4.44. The third-order valence-corrected chi connectivity index (χ3v) is 3.04. The average molecular weight is 229 g/mol. The van der Waals surface area contributed by atoms with Crippen molar-refractivity contribution < 1.29 is 14.6 Å². The molecule has 0 spiro atoms. The number of rotatable bonds is 6. The first-order valence-corrected chi connectivity index (χ1v) is 6.27. The number of amides is 1. The fourth-order valence-electron chi connectivity index (χ4n) is 2.13.